The van der Waals surface area contributed by atoms with Gasteiger partial charge in [0.05, 0.1) is 6.04 Å². The molecule has 0 radical (unpaired) electrons. The zero-order valence-corrected chi connectivity index (χ0v) is 10.1. The third-order valence-electron chi connectivity index (χ3n) is 2.35. The van der Waals surface area contributed by atoms with Crippen LogP contribution in [0.15, 0.2) is 18.2 Å². The first kappa shape index (κ1) is 13.6. The molecule has 0 fully saturated rings. The Labute approximate surface area is 99.0 Å². The van der Waals surface area contributed by atoms with Crippen molar-refractivity contribution in [3.8, 4) is 0 Å². The van der Waals surface area contributed by atoms with Crippen LogP contribution in [-0.4, -0.2) is 11.9 Å². The van der Waals surface area contributed by atoms with Gasteiger partial charge in [0.1, 0.15) is 11.6 Å². The summed E-state index contributed by atoms with van der Waals surface area (Å²) in [5.41, 5.74) is 5.36. The maximum Gasteiger partial charge on any atom is 0.241 e. The Morgan fingerprint density at radius 1 is 1.24 bits per heavy atom. The molecule has 1 atom stereocenters. The highest BCUT2D eigenvalue weighted by molar-refractivity contribution is 5.95. The number of hydrogen-bond acceptors (Lipinski definition) is 2. The number of benzene rings is 1. The zero-order chi connectivity index (χ0) is 13.2. The number of nitrogens with two attached hydrogens (primary N) is 1. The Bertz CT molecular complexity index is 407. The Morgan fingerprint density at radius 2 is 1.71 bits per heavy atom. The van der Waals surface area contributed by atoms with E-state index >= 15 is 0 Å². The van der Waals surface area contributed by atoms with Crippen molar-refractivity contribution in [3.63, 3.8) is 0 Å². The Kier molecular flexibility index (Phi) is 3.83. The lowest BCUT2D eigenvalue weighted by Crippen LogP contribution is -2.45. The van der Waals surface area contributed by atoms with Gasteiger partial charge in [0.15, 0.2) is 0 Å². The summed E-state index contributed by atoms with van der Waals surface area (Å²) in [5.74, 6) is -1.96. The lowest BCUT2D eigenvalue weighted by atomic mass is 9.87. The number of carbonyl (C=O) groups excluding carboxylic acids is 1. The summed E-state index contributed by atoms with van der Waals surface area (Å²) in [5, 5.41) is 2.39. The van der Waals surface area contributed by atoms with Crippen LogP contribution in [0.4, 0.5) is 14.5 Å². The molecule has 94 valence electrons. The molecular formula is C12H16F2N2O. The van der Waals surface area contributed by atoms with Gasteiger partial charge in [-0.25, -0.2) is 8.78 Å². The predicted octanol–water partition coefficient (Wildman–Crippen LogP) is 2.28. The number of carbonyl (C=O) groups is 1. The van der Waals surface area contributed by atoms with Crippen molar-refractivity contribution in [2.45, 2.75) is 26.8 Å². The van der Waals surface area contributed by atoms with Crippen LogP contribution in [0, 0.1) is 17.0 Å². The van der Waals surface area contributed by atoms with Crippen LogP contribution in [-0.2, 0) is 4.79 Å². The van der Waals surface area contributed by atoms with Gasteiger partial charge in [-0.15, -0.1) is 0 Å². The van der Waals surface area contributed by atoms with E-state index in [2.05, 4.69) is 5.32 Å². The van der Waals surface area contributed by atoms with Crippen molar-refractivity contribution in [1.29, 1.82) is 0 Å². The standard InChI is InChI=1S/C12H16F2N2O/c1-12(2,3)10(15)11(17)16-9-5-7(13)4-8(14)6-9/h4-6,10H,15H2,1-3H3,(H,16,17). The van der Waals surface area contributed by atoms with Gasteiger partial charge in [-0.3, -0.25) is 4.79 Å². The van der Waals surface area contributed by atoms with E-state index in [4.69, 9.17) is 5.73 Å². The Balaban J connectivity index is 2.81. The molecule has 0 aliphatic carbocycles. The first-order valence-electron chi connectivity index (χ1n) is 5.22. The van der Waals surface area contributed by atoms with Crippen molar-refractivity contribution >= 4 is 11.6 Å². The van der Waals surface area contributed by atoms with Gasteiger partial charge in [-0.2, -0.15) is 0 Å². The van der Waals surface area contributed by atoms with Crippen LogP contribution in [0.3, 0.4) is 0 Å². The highest BCUT2D eigenvalue weighted by atomic mass is 19.1. The van der Waals surface area contributed by atoms with E-state index in [-0.39, 0.29) is 5.69 Å². The van der Waals surface area contributed by atoms with Crippen LogP contribution in [0.5, 0.6) is 0 Å². The van der Waals surface area contributed by atoms with E-state index in [0.717, 1.165) is 18.2 Å². The lowest BCUT2D eigenvalue weighted by Gasteiger charge is -2.25. The molecule has 1 rings (SSSR count). The number of nitrogens with one attached hydrogen (secondary N) is 1. The minimum absolute atomic E-state index is 0.0622. The maximum atomic E-state index is 12.9. The summed E-state index contributed by atoms with van der Waals surface area (Å²) in [7, 11) is 0. The van der Waals surface area contributed by atoms with E-state index in [1.165, 1.54) is 0 Å². The molecule has 0 spiro atoms. The number of rotatable bonds is 2. The van der Waals surface area contributed by atoms with E-state index in [9.17, 15) is 13.6 Å². The average molecular weight is 242 g/mol. The molecule has 0 saturated carbocycles. The smallest absolute Gasteiger partial charge is 0.241 e. The van der Waals surface area contributed by atoms with Gasteiger partial charge in [-0.05, 0) is 17.5 Å². The molecule has 0 aromatic heterocycles. The molecule has 1 aromatic rings. The first-order chi connectivity index (χ1) is 7.70. The summed E-state index contributed by atoms with van der Waals surface area (Å²) in [6, 6.07) is 2.06. The zero-order valence-electron chi connectivity index (χ0n) is 10.1. The van der Waals surface area contributed by atoms with Crippen LogP contribution < -0.4 is 11.1 Å². The van der Waals surface area contributed by atoms with Gasteiger partial charge in [0.2, 0.25) is 5.91 Å². The third-order valence-corrected chi connectivity index (χ3v) is 2.35. The van der Waals surface area contributed by atoms with E-state index < -0.39 is 29.0 Å². The van der Waals surface area contributed by atoms with Gasteiger partial charge in [0.25, 0.3) is 0 Å². The van der Waals surface area contributed by atoms with Gasteiger partial charge < -0.3 is 11.1 Å². The van der Waals surface area contributed by atoms with Gasteiger partial charge in [-0.1, -0.05) is 20.8 Å². The summed E-state index contributed by atoms with van der Waals surface area (Å²) in [4.78, 5) is 11.7. The molecule has 1 amide bonds. The summed E-state index contributed by atoms with van der Waals surface area (Å²) < 4.78 is 25.8. The molecule has 0 aliphatic heterocycles. The molecule has 0 heterocycles. The van der Waals surface area contributed by atoms with Crippen LogP contribution in [0.25, 0.3) is 0 Å². The lowest BCUT2D eigenvalue weighted by molar-refractivity contribution is -0.119. The fourth-order valence-electron chi connectivity index (χ4n) is 1.24. The Hall–Kier alpha value is -1.49. The summed E-state index contributed by atoms with van der Waals surface area (Å²) in [6.45, 7) is 5.43. The number of anilines is 1. The highest BCUT2D eigenvalue weighted by Crippen LogP contribution is 2.19. The fourth-order valence-corrected chi connectivity index (χ4v) is 1.24. The molecule has 0 aliphatic rings. The minimum atomic E-state index is -0.756. The third kappa shape index (κ3) is 3.78. The van der Waals surface area contributed by atoms with Gasteiger partial charge in [0, 0.05) is 11.8 Å². The molecule has 0 bridgehead atoms. The van der Waals surface area contributed by atoms with Crippen LogP contribution >= 0.6 is 0 Å². The molecule has 17 heavy (non-hydrogen) atoms. The van der Waals surface area contributed by atoms with Crippen molar-refractivity contribution in [1.82, 2.24) is 0 Å². The normalized spacial score (nSPS) is 13.3. The Morgan fingerprint density at radius 3 is 2.12 bits per heavy atom. The fraction of sp³-hybridized carbons (Fsp3) is 0.417. The minimum Gasteiger partial charge on any atom is -0.325 e. The largest absolute Gasteiger partial charge is 0.325 e. The second-order valence-electron chi connectivity index (χ2n) is 4.99. The second-order valence-corrected chi connectivity index (χ2v) is 4.99. The molecule has 3 nitrogen and oxygen atoms in total. The number of hydrogen-bond donors (Lipinski definition) is 2. The van der Waals surface area contributed by atoms with E-state index in [0.29, 0.717) is 0 Å². The van der Waals surface area contributed by atoms with Crippen LogP contribution in [0.2, 0.25) is 0 Å². The average Bonchev–Trinajstić information content (AvgIpc) is 2.13. The first-order valence-corrected chi connectivity index (χ1v) is 5.22. The molecule has 3 N–H and O–H groups in total. The molecule has 5 heteroatoms. The second kappa shape index (κ2) is 4.79. The summed E-state index contributed by atoms with van der Waals surface area (Å²) >= 11 is 0. The number of halogens is 2. The molecule has 1 unspecified atom stereocenters. The van der Waals surface area contributed by atoms with E-state index in [1.807, 2.05) is 20.8 Å². The monoisotopic (exact) mass is 242 g/mol. The van der Waals surface area contributed by atoms with Crippen molar-refractivity contribution in [2.75, 3.05) is 5.32 Å². The summed E-state index contributed by atoms with van der Waals surface area (Å²) in [6.07, 6.45) is 0. The highest BCUT2D eigenvalue weighted by Gasteiger charge is 2.27. The van der Waals surface area contributed by atoms with Crippen molar-refractivity contribution in [2.24, 2.45) is 11.1 Å². The molecule has 0 saturated heterocycles. The molecular weight excluding hydrogens is 226 g/mol. The van der Waals surface area contributed by atoms with Crippen molar-refractivity contribution in [3.05, 3.63) is 29.8 Å². The SMILES string of the molecule is CC(C)(C)C(N)C(=O)Nc1cc(F)cc(F)c1. The van der Waals surface area contributed by atoms with Gasteiger partial charge >= 0.3 is 0 Å². The predicted molar refractivity (Wildman–Crippen MR) is 62.4 cm³/mol. The number of amides is 1. The van der Waals surface area contributed by atoms with E-state index in [1.54, 1.807) is 0 Å². The van der Waals surface area contributed by atoms with Crippen molar-refractivity contribution < 1.29 is 13.6 Å². The molecule has 1 aromatic carbocycles. The maximum absolute atomic E-state index is 12.9. The quantitative estimate of drug-likeness (QED) is 0.835. The van der Waals surface area contributed by atoms with Crippen LogP contribution in [0.1, 0.15) is 20.8 Å². The topological polar surface area (TPSA) is 55.1 Å².